The number of nitrogens with zero attached hydrogens (tertiary/aromatic N) is 1. The van der Waals surface area contributed by atoms with Crippen LogP contribution in [0.2, 0.25) is 0 Å². The Morgan fingerprint density at radius 2 is 1.73 bits per heavy atom. The fraction of sp³-hybridized carbons (Fsp3) is 0.0417. The van der Waals surface area contributed by atoms with Crippen molar-refractivity contribution in [3.63, 3.8) is 0 Å². The molecule has 26 heavy (non-hydrogen) atoms. The van der Waals surface area contributed by atoms with Crippen molar-refractivity contribution < 1.29 is 8.53 Å². The summed E-state index contributed by atoms with van der Waals surface area (Å²) in [6, 6.07) is 25.7. The molecule has 5 rings (SSSR count). The predicted molar refractivity (Wildman–Crippen MR) is 107 cm³/mol. The first-order valence-corrected chi connectivity index (χ1v) is 8.48. The highest BCUT2D eigenvalue weighted by atomic mass is 16.3. The summed E-state index contributed by atoms with van der Waals surface area (Å²) in [6.07, 6.45) is 1.41. The van der Waals surface area contributed by atoms with E-state index >= 15 is 0 Å². The van der Waals surface area contributed by atoms with Crippen molar-refractivity contribution in [2.75, 3.05) is 0 Å². The van der Waals surface area contributed by atoms with Crippen molar-refractivity contribution in [3.8, 4) is 22.4 Å². The molecule has 0 spiro atoms. The summed E-state index contributed by atoms with van der Waals surface area (Å²) in [5.41, 5.74) is 5.55. The van der Waals surface area contributed by atoms with Crippen LogP contribution in [0.25, 0.3) is 44.3 Å². The van der Waals surface area contributed by atoms with Crippen LogP contribution < -0.4 is 0 Å². The minimum atomic E-state index is -2.16. The monoisotopic (exact) mass is 338 g/mol. The highest BCUT2D eigenvalue weighted by Crippen LogP contribution is 2.36. The van der Waals surface area contributed by atoms with E-state index in [1.807, 2.05) is 36.4 Å². The Labute approximate surface area is 156 Å². The molecule has 3 aromatic carbocycles. The molecule has 0 unspecified atom stereocenters. The summed E-state index contributed by atoms with van der Waals surface area (Å²) in [4.78, 5) is 4.38. The van der Waals surface area contributed by atoms with Crippen LogP contribution in [0.3, 0.4) is 0 Å². The predicted octanol–water partition coefficient (Wildman–Crippen LogP) is 6.62. The van der Waals surface area contributed by atoms with Crippen LogP contribution in [-0.2, 0) is 0 Å². The molecule has 2 nitrogen and oxygen atoms in total. The molecular formula is C24H17NO. The number of para-hydroxylation sites is 1. The maximum Gasteiger partial charge on any atom is 0.144 e. The molecular weight excluding hydrogens is 318 g/mol. The lowest BCUT2D eigenvalue weighted by Crippen LogP contribution is -1.84. The molecule has 0 fully saturated rings. The fourth-order valence-electron chi connectivity index (χ4n) is 3.36. The topological polar surface area (TPSA) is 26.0 Å². The third-order valence-corrected chi connectivity index (χ3v) is 4.65. The summed E-state index contributed by atoms with van der Waals surface area (Å²) in [6.45, 7) is -2.16. The molecule has 0 radical (unpaired) electrons. The molecule has 124 valence electrons. The van der Waals surface area contributed by atoms with Gasteiger partial charge in [-0.05, 0) is 47.8 Å². The zero-order chi connectivity index (χ0) is 20.0. The standard InChI is InChI=1S/C24H17NO/c1-16-10-13-22(25-15-16)21-9-5-8-20-19-12-11-18(14-23(19)26-24(20)21)17-6-3-2-4-7-17/h2-15H,1H3/i1D3. The van der Waals surface area contributed by atoms with E-state index in [0.29, 0.717) is 5.69 Å². The summed E-state index contributed by atoms with van der Waals surface area (Å²) < 4.78 is 28.8. The zero-order valence-corrected chi connectivity index (χ0v) is 13.9. The van der Waals surface area contributed by atoms with Gasteiger partial charge in [0.1, 0.15) is 11.2 Å². The molecule has 0 saturated carbocycles. The van der Waals surface area contributed by atoms with Crippen molar-refractivity contribution in [2.45, 2.75) is 6.85 Å². The van der Waals surface area contributed by atoms with Crippen LogP contribution in [0.4, 0.5) is 0 Å². The third kappa shape index (κ3) is 2.39. The highest BCUT2D eigenvalue weighted by Gasteiger charge is 2.13. The van der Waals surface area contributed by atoms with Crippen molar-refractivity contribution in [1.82, 2.24) is 4.98 Å². The Kier molecular flexibility index (Phi) is 2.71. The number of furan rings is 1. The first-order chi connectivity index (χ1) is 14.0. The van der Waals surface area contributed by atoms with E-state index in [4.69, 9.17) is 8.53 Å². The van der Waals surface area contributed by atoms with Gasteiger partial charge in [-0.25, -0.2) is 0 Å². The van der Waals surface area contributed by atoms with Gasteiger partial charge in [0.25, 0.3) is 0 Å². The third-order valence-electron chi connectivity index (χ3n) is 4.65. The summed E-state index contributed by atoms with van der Waals surface area (Å²) in [7, 11) is 0. The van der Waals surface area contributed by atoms with E-state index in [1.54, 1.807) is 12.1 Å². The van der Waals surface area contributed by atoms with Crippen LogP contribution in [0, 0.1) is 6.85 Å². The zero-order valence-electron chi connectivity index (χ0n) is 16.9. The lowest BCUT2D eigenvalue weighted by atomic mass is 10.0. The van der Waals surface area contributed by atoms with Crippen LogP contribution in [0.15, 0.2) is 89.5 Å². The smallest absolute Gasteiger partial charge is 0.144 e. The van der Waals surface area contributed by atoms with Gasteiger partial charge in [-0.1, -0.05) is 54.6 Å². The second kappa shape index (κ2) is 5.85. The largest absolute Gasteiger partial charge is 0.455 e. The highest BCUT2D eigenvalue weighted by molar-refractivity contribution is 6.10. The molecule has 0 aliphatic heterocycles. The average Bonchev–Trinajstić information content (AvgIpc) is 3.12. The lowest BCUT2D eigenvalue weighted by Gasteiger charge is -2.02. The maximum absolute atomic E-state index is 7.52. The van der Waals surface area contributed by atoms with Gasteiger partial charge in [-0.15, -0.1) is 0 Å². The van der Waals surface area contributed by atoms with Crippen LogP contribution in [-0.4, -0.2) is 4.98 Å². The first-order valence-electron chi connectivity index (χ1n) is 9.98. The second-order valence-electron chi connectivity index (χ2n) is 6.29. The van der Waals surface area contributed by atoms with Crippen molar-refractivity contribution >= 4 is 21.9 Å². The lowest BCUT2D eigenvalue weighted by molar-refractivity contribution is 0.670. The van der Waals surface area contributed by atoms with E-state index in [9.17, 15) is 0 Å². The summed E-state index contributed by atoms with van der Waals surface area (Å²) in [5, 5.41) is 2.06. The van der Waals surface area contributed by atoms with Gasteiger partial charge in [0.05, 0.1) is 5.69 Å². The van der Waals surface area contributed by atoms with E-state index in [-0.39, 0.29) is 5.56 Å². The van der Waals surface area contributed by atoms with Crippen molar-refractivity contribution in [3.05, 3.63) is 90.6 Å². The second-order valence-corrected chi connectivity index (χ2v) is 6.29. The van der Waals surface area contributed by atoms with Crippen LogP contribution >= 0.6 is 0 Å². The normalized spacial score (nSPS) is 13.5. The Morgan fingerprint density at radius 3 is 2.54 bits per heavy atom. The van der Waals surface area contributed by atoms with Gasteiger partial charge in [-0.2, -0.15) is 0 Å². The van der Waals surface area contributed by atoms with Gasteiger partial charge in [0.15, 0.2) is 0 Å². The minimum Gasteiger partial charge on any atom is -0.455 e. The summed E-state index contributed by atoms with van der Waals surface area (Å²) >= 11 is 0. The van der Waals surface area contributed by atoms with E-state index in [2.05, 4.69) is 35.3 Å². The number of pyridine rings is 1. The Balaban J connectivity index is 1.66. The molecule has 0 bridgehead atoms. The molecule has 2 aromatic heterocycles. The maximum atomic E-state index is 7.52. The molecule has 0 N–H and O–H groups in total. The van der Waals surface area contributed by atoms with Gasteiger partial charge in [0, 0.05) is 26.6 Å². The molecule has 0 aliphatic carbocycles. The van der Waals surface area contributed by atoms with E-state index < -0.39 is 6.85 Å². The fourth-order valence-corrected chi connectivity index (χ4v) is 3.36. The van der Waals surface area contributed by atoms with Crippen molar-refractivity contribution in [1.29, 1.82) is 0 Å². The number of fused-ring (bicyclic) bond motifs is 3. The molecule has 0 saturated heterocycles. The quantitative estimate of drug-likeness (QED) is 0.361. The SMILES string of the molecule is [2H]C([2H])([2H])c1ccc(-c2cccc3c2oc2cc(-c4ccccc4)ccc23)nc1. The molecule has 2 heterocycles. The number of hydrogen-bond donors (Lipinski definition) is 0. The minimum absolute atomic E-state index is 0.227. The number of benzene rings is 3. The molecule has 0 aliphatic rings. The van der Waals surface area contributed by atoms with Gasteiger partial charge in [-0.3, -0.25) is 4.98 Å². The van der Waals surface area contributed by atoms with E-state index in [1.165, 1.54) is 6.20 Å². The number of aryl methyl sites for hydroxylation is 1. The average molecular weight is 338 g/mol. The Bertz CT molecular complexity index is 1320. The van der Waals surface area contributed by atoms with Gasteiger partial charge < -0.3 is 4.42 Å². The Morgan fingerprint density at radius 1 is 0.808 bits per heavy atom. The molecule has 5 aromatic rings. The van der Waals surface area contributed by atoms with Gasteiger partial charge >= 0.3 is 0 Å². The number of aromatic nitrogens is 1. The number of hydrogen-bond acceptors (Lipinski definition) is 2. The van der Waals surface area contributed by atoms with Crippen LogP contribution in [0.1, 0.15) is 9.68 Å². The molecule has 0 amide bonds. The van der Waals surface area contributed by atoms with Crippen LogP contribution in [0.5, 0.6) is 0 Å². The molecule has 2 heteroatoms. The number of rotatable bonds is 2. The first kappa shape index (κ1) is 12.0. The molecule has 0 atom stereocenters. The Hall–Kier alpha value is -3.39. The van der Waals surface area contributed by atoms with Gasteiger partial charge in [0.2, 0.25) is 0 Å². The van der Waals surface area contributed by atoms with E-state index in [0.717, 1.165) is 38.6 Å². The summed E-state index contributed by atoms with van der Waals surface area (Å²) in [5.74, 6) is 0. The van der Waals surface area contributed by atoms with Crippen molar-refractivity contribution in [2.24, 2.45) is 0 Å².